The summed E-state index contributed by atoms with van der Waals surface area (Å²) in [6.07, 6.45) is 0.629. The second kappa shape index (κ2) is 8.58. The number of aromatic amines is 2. The number of benzene rings is 3. The minimum atomic E-state index is -0.649. The second-order valence-electron chi connectivity index (χ2n) is 7.61. The molecule has 1 amide bonds. The van der Waals surface area contributed by atoms with Crippen molar-refractivity contribution in [1.82, 2.24) is 15.1 Å². The zero-order valence-electron chi connectivity index (χ0n) is 17.4. The van der Waals surface area contributed by atoms with Crippen LogP contribution in [0.4, 0.5) is 10.1 Å². The van der Waals surface area contributed by atoms with Crippen LogP contribution in [0.15, 0.2) is 82.1 Å². The molecule has 5 aromatic rings. The number of carbonyl (C=O) groups is 1. The van der Waals surface area contributed by atoms with Crippen molar-refractivity contribution in [1.29, 1.82) is 0 Å². The number of H-pyrrole nitrogens is 2. The summed E-state index contributed by atoms with van der Waals surface area (Å²) in [7, 11) is 0. The Hall–Kier alpha value is -4.46. The molecule has 2 heterocycles. The summed E-state index contributed by atoms with van der Waals surface area (Å²) in [5.41, 5.74) is 4.73. The van der Waals surface area contributed by atoms with Crippen molar-refractivity contribution in [2.45, 2.75) is 12.8 Å². The maximum Gasteiger partial charge on any atom is 0.439 e. The quantitative estimate of drug-likeness (QED) is 0.348. The zero-order valence-corrected chi connectivity index (χ0v) is 17.4. The molecule has 7 nitrogen and oxygen atoms in total. The van der Waals surface area contributed by atoms with Crippen molar-refractivity contribution in [3.05, 3.63) is 94.7 Å². The molecule has 0 saturated carbocycles. The highest BCUT2D eigenvalue weighted by molar-refractivity contribution is 5.94. The maximum atomic E-state index is 14.0. The van der Waals surface area contributed by atoms with Gasteiger partial charge in [-0.2, -0.15) is 0 Å². The van der Waals surface area contributed by atoms with Crippen LogP contribution in [0.1, 0.15) is 12.0 Å². The first-order chi connectivity index (χ1) is 16.1. The van der Waals surface area contributed by atoms with E-state index < -0.39 is 5.76 Å². The molecule has 0 spiro atoms. The van der Waals surface area contributed by atoms with E-state index in [-0.39, 0.29) is 24.0 Å². The van der Waals surface area contributed by atoms with Crippen LogP contribution in [-0.2, 0) is 11.2 Å². The third-order valence-corrected chi connectivity index (χ3v) is 5.39. The van der Waals surface area contributed by atoms with E-state index in [1.165, 1.54) is 12.1 Å². The second-order valence-corrected chi connectivity index (χ2v) is 7.61. The summed E-state index contributed by atoms with van der Waals surface area (Å²) in [6, 6.07) is 21.3. The summed E-state index contributed by atoms with van der Waals surface area (Å²) < 4.78 is 18.5. The van der Waals surface area contributed by atoms with E-state index in [1.807, 2.05) is 30.3 Å². The molecule has 3 N–H and O–H groups in total. The third kappa shape index (κ3) is 4.31. The first kappa shape index (κ1) is 20.4. The largest absolute Gasteiger partial charge is 0.439 e. The van der Waals surface area contributed by atoms with E-state index in [4.69, 9.17) is 0 Å². The van der Waals surface area contributed by atoms with Gasteiger partial charge in [0, 0.05) is 34.3 Å². The Kier molecular flexibility index (Phi) is 5.32. The van der Waals surface area contributed by atoms with Crippen molar-refractivity contribution in [2.75, 3.05) is 5.32 Å². The number of hydrogen-bond acceptors (Lipinski definition) is 4. The van der Waals surface area contributed by atoms with Gasteiger partial charge in [-0.25, -0.2) is 9.18 Å². The van der Waals surface area contributed by atoms with Crippen LogP contribution in [0.2, 0.25) is 0 Å². The minimum Gasteiger partial charge on any atom is -0.354 e. The fraction of sp³-hybridized carbons (Fsp3) is 0.0800. The van der Waals surface area contributed by atoms with E-state index >= 15 is 0 Å². The van der Waals surface area contributed by atoms with E-state index in [0.29, 0.717) is 17.7 Å². The summed E-state index contributed by atoms with van der Waals surface area (Å²) in [6.45, 7) is 0. The number of anilines is 1. The zero-order chi connectivity index (χ0) is 22.8. The van der Waals surface area contributed by atoms with Crippen molar-refractivity contribution in [3.8, 4) is 22.6 Å². The fourth-order valence-corrected chi connectivity index (χ4v) is 3.89. The Bertz CT molecular complexity index is 1500. The Morgan fingerprint density at radius 1 is 0.970 bits per heavy atom. The lowest BCUT2D eigenvalue weighted by atomic mass is 10.0. The number of aromatic nitrogens is 3. The van der Waals surface area contributed by atoms with Crippen LogP contribution in [0.25, 0.3) is 33.5 Å². The summed E-state index contributed by atoms with van der Waals surface area (Å²) in [5, 5.41) is 7.29. The lowest BCUT2D eigenvalue weighted by Gasteiger charge is -2.08. The maximum absolute atomic E-state index is 14.0. The van der Waals surface area contributed by atoms with E-state index in [2.05, 4.69) is 25.0 Å². The number of fused-ring (bicyclic) bond motifs is 1. The van der Waals surface area contributed by atoms with Gasteiger partial charge in [0.25, 0.3) is 0 Å². The first-order valence-electron chi connectivity index (χ1n) is 10.4. The molecule has 0 fully saturated rings. The van der Waals surface area contributed by atoms with Crippen LogP contribution in [-0.4, -0.2) is 21.0 Å². The van der Waals surface area contributed by atoms with Gasteiger partial charge in [-0.3, -0.25) is 14.3 Å². The average Bonchev–Trinajstić information content (AvgIpc) is 3.42. The van der Waals surface area contributed by atoms with E-state index in [0.717, 1.165) is 27.7 Å². The number of carbonyl (C=O) groups excluding carboxylic acids is 1. The normalized spacial score (nSPS) is 11.1. The van der Waals surface area contributed by atoms with Gasteiger partial charge in [-0.05, 0) is 47.9 Å². The highest BCUT2D eigenvalue weighted by Crippen LogP contribution is 2.32. The SMILES string of the molecule is O=C(CCc1c(-c2ccccc2)[nH]c2ccc(F)cc12)Nc1cccc(-c2noc(=O)[nH]2)c1. The molecule has 0 atom stereocenters. The first-order valence-corrected chi connectivity index (χ1v) is 10.4. The van der Waals surface area contributed by atoms with Crippen molar-refractivity contribution < 1.29 is 13.7 Å². The fourth-order valence-electron chi connectivity index (χ4n) is 3.89. The van der Waals surface area contributed by atoms with Crippen molar-refractivity contribution >= 4 is 22.5 Å². The summed E-state index contributed by atoms with van der Waals surface area (Å²) in [4.78, 5) is 29.8. The molecule has 0 aliphatic rings. The van der Waals surface area contributed by atoms with Gasteiger partial charge < -0.3 is 10.3 Å². The molecule has 0 aliphatic carbocycles. The van der Waals surface area contributed by atoms with Gasteiger partial charge in [-0.15, -0.1) is 0 Å². The van der Waals surface area contributed by atoms with Gasteiger partial charge in [0.05, 0.1) is 0 Å². The highest BCUT2D eigenvalue weighted by atomic mass is 19.1. The van der Waals surface area contributed by atoms with Crippen molar-refractivity contribution in [3.63, 3.8) is 0 Å². The molecule has 3 aromatic carbocycles. The molecule has 0 aliphatic heterocycles. The molecular formula is C25H19FN4O3. The number of hydrogen-bond donors (Lipinski definition) is 3. The minimum absolute atomic E-state index is 0.189. The molecular weight excluding hydrogens is 423 g/mol. The molecule has 2 aromatic heterocycles. The van der Waals surface area contributed by atoms with Gasteiger partial charge in [0.15, 0.2) is 5.82 Å². The van der Waals surface area contributed by atoms with Gasteiger partial charge in [0.1, 0.15) is 5.82 Å². The lowest BCUT2D eigenvalue weighted by Crippen LogP contribution is -2.12. The number of nitrogens with zero attached hydrogens (tertiary/aromatic N) is 1. The van der Waals surface area contributed by atoms with Crippen LogP contribution in [0.3, 0.4) is 0 Å². The standard InChI is InChI=1S/C25H19FN4O3/c26-17-9-11-21-20(14-17)19(23(28-21)15-5-2-1-3-6-15)10-12-22(31)27-18-8-4-7-16(13-18)24-29-25(32)33-30-24/h1-9,11,13-14,28H,10,12H2,(H,27,31)(H,29,30,32). The molecule has 0 radical (unpaired) electrons. The number of amides is 1. The molecule has 0 unspecified atom stereocenters. The van der Waals surface area contributed by atoms with Gasteiger partial charge >= 0.3 is 5.76 Å². The number of rotatable bonds is 6. The molecule has 164 valence electrons. The third-order valence-electron chi connectivity index (χ3n) is 5.39. The molecule has 8 heteroatoms. The van der Waals surface area contributed by atoms with E-state index in [1.54, 1.807) is 30.3 Å². The smallest absolute Gasteiger partial charge is 0.354 e. The predicted octanol–water partition coefficient (Wildman–Crippen LogP) is 4.89. The van der Waals surface area contributed by atoms with E-state index in [9.17, 15) is 14.0 Å². The highest BCUT2D eigenvalue weighted by Gasteiger charge is 2.15. The number of aryl methyl sites for hydroxylation is 1. The molecule has 33 heavy (non-hydrogen) atoms. The van der Waals surface area contributed by atoms with Gasteiger partial charge in [-0.1, -0.05) is 47.6 Å². The molecule has 0 saturated heterocycles. The van der Waals surface area contributed by atoms with Gasteiger partial charge in [0.2, 0.25) is 5.91 Å². The monoisotopic (exact) mass is 442 g/mol. The van der Waals surface area contributed by atoms with Crippen LogP contribution in [0.5, 0.6) is 0 Å². The van der Waals surface area contributed by atoms with Crippen LogP contribution >= 0.6 is 0 Å². The molecule has 0 bridgehead atoms. The van der Waals surface area contributed by atoms with Crippen molar-refractivity contribution in [2.24, 2.45) is 0 Å². The topological polar surface area (TPSA) is 104 Å². The van der Waals surface area contributed by atoms with Crippen LogP contribution < -0.4 is 11.1 Å². The van der Waals surface area contributed by atoms with Crippen LogP contribution in [0, 0.1) is 5.82 Å². The number of nitrogens with one attached hydrogen (secondary N) is 3. The summed E-state index contributed by atoms with van der Waals surface area (Å²) >= 11 is 0. The number of halogens is 1. The lowest BCUT2D eigenvalue weighted by molar-refractivity contribution is -0.116. The Morgan fingerprint density at radius 3 is 2.58 bits per heavy atom. The Labute approximate surface area is 187 Å². The Balaban J connectivity index is 1.37. The predicted molar refractivity (Wildman–Crippen MR) is 123 cm³/mol. The Morgan fingerprint density at radius 2 is 1.79 bits per heavy atom. The average molecular weight is 442 g/mol. The molecule has 5 rings (SSSR count). The summed E-state index contributed by atoms with van der Waals surface area (Å²) in [5.74, 6) is -0.881.